The molecule has 1 nitrogen and oxygen atoms in total. The van der Waals surface area contributed by atoms with Gasteiger partial charge in [-0.05, 0) is 29.0 Å². The molecule has 0 saturated carbocycles. The third-order valence-corrected chi connectivity index (χ3v) is 3.23. The van der Waals surface area contributed by atoms with E-state index in [4.69, 9.17) is 0 Å². The summed E-state index contributed by atoms with van der Waals surface area (Å²) in [7, 11) is 0. The zero-order valence-electron chi connectivity index (χ0n) is 9.55. The monoisotopic (exact) mass is 207 g/mol. The average Bonchev–Trinajstić information content (AvgIpc) is 2.17. The summed E-state index contributed by atoms with van der Waals surface area (Å²) in [6, 6.07) is 5.72. The average molecular weight is 207 g/mol. The van der Waals surface area contributed by atoms with Gasteiger partial charge in [0.25, 0.3) is 0 Å². The van der Waals surface area contributed by atoms with Gasteiger partial charge in [-0.3, -0.25) is 0 Å². The van der Waals surface area contributed by atoms with Crippen LogP contribution in [0.5, 0.6) is 0 Å². The molecule has 1 aromatic carbocycles. The molecule has 0 bridgehead atoms. The van der Waals surface area contributed by atoms with Crippen LogP contribution in [0.25, 0.3) is 0 Å². The van der Waals surface area contributed by atoms with Crippen LogP contribution < -0.4 is 5.32 Å². The Hall–Kier alpha value is -0.890. The van der Waals surface area contributed by atoms with Gasteiger partial charge < -0.3 is 5.32 Å². The minimum absolute atomic E-state index is 0.0489. The van der Waals surface area contributed by atoms with E-state index in [0.29, 0.717) is 12.0 Å². The molecule has 0 aliphatic carbocycles. The second-order valence-electron chi connectivity index (χ2n) is 4.77. The van der Waals surface area contributed by atoms with Crippen LogP contribution in [0.4, 0.5) is 4.39 Å². The minimum atomic E-state index is -0.0489. The highest BCUT2D eigenvalue weighted by molar-refractivity contribution is 5.36. The van der Waals surface area contributed by atoms with Gasteiger partial charge in [0, 0.05) is 12.6 Å². The quantitative estimate of drug-likeness (QED) is 0.745. The van der Waals surface area contributed by atoms with Crippen LogP contribution in [0.3, 0.4) is 0 Å². The lowest BCUT2D eigenvalue weighted by Gasteiger charge is -2.33. The zero-order valence-corrected chi connectivity index (χ0v) is 9.55. The van der Waals surface area contributed by atoms with Gasteiger partial charge in [0.1, 0.15) is 5.82 Å². The summed E-state index contributed by atoms with van der Waals surface area (Å²) in [5.74, 6) is 0.724. The molecule has 2 atom stereocenters. The second-order valence-corrected chi connectivity index (χ2v) is 4.77. The minimum Gasteiger partial charge on any atom is -0.309 e. The van der Waals surface area contributed by atoms with E-state index in [1.807, 2.05) is 12.1 Å². The van der Waals surface area contributed by atoms with Gasteiger partial charge in [-0.2, -0.15) is 0 Å². The Morgan fingerprint density at radius 2 is 2.13 bits per heavy atom. The van der Waals surface area contributed by atoms with Crippen LogP contribution in [0.1, 0.15) is 43.9 Å². The van der Waals surface area contributed by atoms with Crippen LogP contribution in [-0.2, 0) is 0 Å². The normalized spacial score (nSPS) is 25.4. The number of rotatable bonds is 1. The first-order chi connectivity index (χ1) is 7.11. The van der Waals surface area contributed by atoms with Crippen molar-refractivity contribution in [1.29, 1.82) is 0 Å². The van der Waals surface area contributed by atoms with Crippen molar-refractivity contribution in [3.05, 3.63) is 35.1 Å². The zero-order chi connectivity index (χ0) is 11.0. The van der Waals surface area contributed by atoms with E-state index in [9.17, 15) is 4.39 Å². The second kappa shape index (κ2) is 3.93. The van der Waals surface area contributed by atoms with E-state index in [1.54, 1.807) is 6.07 Å². The summed E-state index contributed by atoms with van der Waals surface area (Å²) in [6.45, 7) is 7.28. The molecule has 1 N–H and O–H groups in total. The number of hydrogen-bond acceptors (Lipinski definition) is 1. The van der Waals surface area contributed by atoms with Crippen molar-refractivity contribution in [3.8, 4) is 0 Å². The molecule has 0 spiro atoms. The number of benzene rings is 1. The van der Waals surface area contributed by atoms with E-state index in [0.717, 1.165) is 17.7 Å². The smallest absolute Gasteiger partial charge is 0.127 e. The summed E-state index contributed by atoms with van der Waals surface area (Å²) in [5, 5.41) is 3.49. The first-order valence-corrected chi connectivity index (χ1v) is 5.63. The summed E-state index contributed by atoms with van der Waals surface area (Å²) < 4.78 is 13.7. The van der Waals surface area contributed by atoms with Crippen LogP contribution in [0.15, 0.2) is 18.2 Å². The lowest BCUT2D eigenvalue weighted by molar-refractivity contribution is 0.369. The maximum absolute atomic E-state index is 13.7. The summed E-state index contributed by atoms with van der Waals surface area (Å²) in [4.78, 5) is 0. The molecule has 1 heterocycles. The molecule has 1 aliphatic rings. The first kappa shape index (κ1) is 10.6. The molecule has 0 saturated heterocycles. The number of nitrogens with one attached hydrogen (secondary N) is 1. The molecule has 1 aromatic rings. The van der Waals surface area contributed by atoms with Crippen LogP contribution in [-0.4, -0.2) is 6.54 Å². The Labute approximate surface area is 90.7 Å². The number of hydrogen-bond donors (Lipinski definition) is 1. The lowest BCUT2D eigenvalue weighted by atomic mass is 9.83. The highest BCUT2D eigenvalue weighted by Gasteiger charge is 2.28. The Morgan fingerprint density at radius 1 is 1.40 bits per heavy atom. The van der Waals surface area contributed by atoms with Crippen LogP contribution in [0.2, 0.25) is 0 Å². The highest BCUT2D eigenvalue weighted by Crippen LogP contribution is 2.35. The number of halogens is 1. The van der Waals surface area contributed by atoms with Gasteiger partial charge in [-0.1, -0.05) is 32.9 Å². The summed E-state index contributed by atoms with van der Waals surface area (Å²) in [5.41, 5.74) is 2.05. The molecule has 2 heteroatoms. The third-order valence-electron chi connectivity index (χ3n) is 3.23. The Kier molecular flexibility index (Phi) is 2.79. The van der Waals surface area contributed by atoms with Crippen molar-refractivity contribution in [2.24, 2.45) is 5.92 Å². The highest BCUT2D eigenvalue weighted by atomic mass is 19.1. The third kappa shape index (κ3) is 1.78. The molecule has 82 valence electrons. The molecular formula is C13H18FN. The van der Waals surface area contributed by atoms with Crippen molar-refractivity contribution in [3.63, 3.8) is 0 Å². The molecule has 0 amide bonds. The lowest BCUT2D eigenvalue weighted by Crippen LogP contribution is -2.35. The predicted octanol–water partition coefficient (Wildman–Crippen LogP) is 3.23. The Morgan fingerprint density at radius 3 is 2.80 bits per heavy atom. The molecular weight excluding hydrogens is 189 g/mol. The van der Waals surface area contributed by atoms with Crippen molar-refractivity contribution in [2.75, 3.05) is 6.54 Å². The topological polar surface area (TPSA) is 12.0 Å². The predicted molar refractivity (Wildman–Crippen MR) is 60.4 cm³/mol. The SMILES string of the molecule is CC1CNC(C(C)C)c2cccc(F)c21. The molecule has 1 aliphatic heterocycles. The van der Waals surface area contributed by atoms with Gasteiger partial charge >= 0.3 is 0 Å². The van der Waals surface area contributed by atoms with Gasteiger partial charge in [0.15, 0.2) is 0 Å². The molecule has 0 radical (unpaired) electrons. The van der Waals surface area contributed by atoms with E-state index in [1.165, 1.54) is 0 Å². The van der Waals surface area contributed by atoms with E-state index in [2.05, 4.69) is 26.1 Å². The molecule has 0 aromatic heterocycles. The molecule has 2 unspecified atom stereocenters. The fourth-order valence-electron chi connectivity index (χ4n) is 2.46. The first-order valence-electron chi connectivity index (χ1n) is 5.63. The fourth-order valence-corrected chi connectivity index (χ4v) is 2.46. The molecule has 0 fully saturated rings. The Balaban J connectivity index is 2.50. The van der Waals surface area contributed by atoms with Crippen molar-refractivity contribution in [1.82, 2.24) is 5.32 Å². The van der Waals surface area contributed by atoms with Gasteiger partial charge in [0.05, 0.1) is 0 Å². The van der Waals surface area contributed by atoms with Gasteiger partial charge in [-0.25, -0.2) is 4.39 Å². The van der Waals surface area contributed by atoms with Gasteiger partial charge in [-0.15, -0.1) is 0 Å². The van der Waals surface area contributed by atoms with Gasteiger partial charge in [0.2, 0.25) is 0 Å². The van der Waals surface area contributed by atoms with Crippen molar-refractivity contribution < 1.29 is 4.39 Å². The largest absolute Gasteiger partial charge is 0.309 e. The van der Waals surface area contributed by atoms with E-state index >= 15 is 0 Å². The maximum atomic E-state index is 13.7. The molecule has 2 rings (SSSR count). The summed E-state index contributed by atoms with van der Waals surface area (Å²) in [6.07, 6.45) is 0. The standard InChI is InChI=1S/C13H18FN/c1-8(2)13-10-5-4-6-11(14)12(10)9(3)7-15-13/h4-6,8-9,13,15H,7H2,1-3H3. The summed E-state index contributed by atoms with van der Waals surface area (Å²) >= 11 is 0. The Bertz CT molecular complexity index is 360. The van der Waals surface area contributed by atoms with Crippen LogP contribution >= 0.6 is 0 Å². The maximum Gasteiger partial charge on any atom is 0.127 e. The van der Waals surface area contributed by atoms with Crippen LogP contribution in [0, 0.1) is 11.7 Å². The van der Waals surface area contributed by atoms with E-state index in [-0.39, 0.29) is 11.7 Å². The van der Waals surface area contributed by atoms with Crippen molar-refractivity contribution in [2.45, 2.75) is 32.7 Å². The van der Waals surface area contributed by atoms with E-state index < -0.39 is 0 Å². The number of fused-ring (bicyclic) bond motifs is 1. The van der Waals surface area contributed by atoms with Crippen molar-refractivity contribution >= 4 is 0 Å². The molecule has 15 heavy (non-hydrogen) atoms. The fraction of sp³-hybridized carbons (Fsp3) is 0.538.